The first-order valence-electron chi connectivity index (χ1n) is 11.0. The second-order valence-corrected chi connectivity index (χ2v) is 8.58. The van der Waals surface area contributed by atoms with Crippen molar-refractivity contribution in [3.05, 3.63) is 29.8 Å². The molecule has 1 aromatic rings. The lowest BCUT2D eigenvalue weighted by Crippen LogP contribution is -2.46. The first kappa shape index (κ1) is 21.5. The molecule has 1 unspecified atom stereocenters. The van der Waals surface area contributed by atoms with Crippen LogP contribution in [-0.4, -0.2) is 72.8 Å². The number of hydrogen-bond acceptors (Lipinski definition) is 6. The van der Waals surface area contributed by atoms with Crippen molar-refractivity contribution < 1.29 is 23.9 Å². The average molecular weight is 428 g/mol. The van der Waals surface area contributed by atoms with E-state index in [4.69, 9.17) is 0 Å². The molecule has 8 heteroatoms. The first-order chi connectivity index (χ1) is 15.0. The van der Waals surface area contributed by atoms with Gasteiger partial charge in [-0.3, -0.25) is 19.3 Å². The summed E-state index contributed by atoms with van der Waals surface area (Å²) in [4.78, 5) is 54.3. The Morgan fingerprint density at radius 1 is 1.03 bits per heavy atom. The highest BCUT2D eigenvalue weighted by molar-refractivity contribution is 6.22. The van der Waals surface area contributed by atoms with Gasteiger partial charge >= 0.3 is 5.97 Å². The zero-order chi connectivity index (χ0) is 22.0. The Kier molecular flexibility index (Phi) is 6.36. The van der Waals surface area contributed by atoms with Crippen molar-refractivity contribution in [2.24, 2.45) is 5.92 Å². The van der Waals surface area contributed by atoms with Gasteiger partial charge in [0.15, 0.2) is 0 Å². The Morgan fingerprint density at radius 2 is 1.74 bits per heavy atom. The van der Waals surface area contributed by atoms with Gasteiger partial charge in [-0.05, 0) is 69.0 Å². The molecule has 3 aliphatic heterocycles. The number of hydrogen-bond donors (Lipinski definition) is 0. The number of methoxy groups -OCH3 is 1. The molecule has 1 atom stereocenters. The van der Waals surface area contributed by atoms with E-state index in [0.717, 1.165) is 51.9 Å². The number of carbonyl (C=O) groups excluding carboxylic acids is 4. The average Bonchev–Trinajstić information content (AvgIpc) is 3.34. The van der Waals surface area contributed by atoms with Gasteiger partial charge in [0.1, 0.15) is 0 Å². The van der Waals surface area contributed by atoms with E-state index in [0.29, 0.717) is 23.6 Å². The number of rotatable bonds is 6. The summed E-state index contributed by atoms with van der Waals surface area (Å²) in [5.41, 5.74) is 0.856. The summed E-state index contributed by atoms with van der Waals surface area (Å²) < 4.78 is 4.69. The first-order valence-corrected chi connectivity index (χ1v) is 11.0. The van der Waals surface area contributed by atoms with Crippen LogP contribution in [0.5, 0.6) is 0 Å². The molecule has 0 aliphatic carbocycles. The second-order valence-electron chi connectivity index (χ2n) is 8.58. The maximum Gasteiger partial charge on any atom is 0.337 e. The number of esters is 1. The van der Waals surface area contributed by atoms with Gasteiger partial charge in [-0.2, -0.15) is 0 Å². The van der Waals surface area contributed by atoms with Gasteiger partial charge in [0.2, 0.25) is 11.8 Å². The molecule has 0 spiro atoms. The molecule has 0 aromatic heterocycles. The third kappa shape index (κ3) is 4.49. The molecule has 3 amide bonds. The fourth-order valence-corrected chi connectivity index (χ4v) is 4.87. The number of ether oxygens (including phenoxy) is 1. The van der Waals surface area contributed by atoms with E-state index in [9.17, 15) is 19.2 Å². The zero-order valence-corrected chi connectivity index (χ0v) is 17.9. The van der Waals surface area contributed by atoms with Crippen LogP contribution in [-0.2, 0) is 19.1 Å². The van der Waals surface area contributed by atoms with Gasteiger partial charge in [0, 0.05) is 19.5 Å². The van der Waals surface area contributed by atoms with Crippen LogP contribution in [0.15, 0.2) is 24.3 Å². The van der Waals surface area contributed by atoms with Crippen LogP contribution in [0.25, 0.3) is 0 Å². The van der Waals surface area contributed by atoms with Crippen LogP contribution < -0.4 is 4.90 Å². The molecule has 31 heavy (non-hydrogen) atoms. The summed E-state index contributed by atoms with van der Waals surface area (Å²) in [6, 6.07) is 5.91. The summed E-state index contributed by atoms with van der Waals surface area (Å²) in [6.07, 6.45) is 4.80. The van der Waals surface area contributed by atoms with E-state index >= 15 is 0 Å². The third-order valence-electron chi connectivity index (χ3n) is 6.74. The van der Waals surface area contributed by atoms with Crippen molar-refractivity contribution in [3.8, 4) is 0 Å². The molecule has 1 aromatic carbocycles. The standard InChI is InChI=1S/C23H29N3O5/c1-31-23(30)17-4-6-18(7-5-17)26-21(28)15-19(22(26)29)24-12-8-16(9-13-24)10-14-25-11-2-3-20(25)27/h4-7,16,19H,2-3,8-15H2,1H3. The fourth-order valence-electron chi connectivity index (χ4n) is 4.87. The van der Waals surface area contributed by atoms with Crippen LogP contribution >= 0.6 is 0 Å². The lowest BCUT2D eigenvalue weighted by molar-refractivity contribution is -0.128. The van der Waals surface area contributed by atoms with Crippen LogP contribution in [0.2, 0.25) is 0 Å². The summed E-state index contributed by atoms with van der Waals surface area (Å²) >= 11 is 0. The molecular weight excluding hydrogens is 398 g/mol. The largest absolute Gasteiger partial charge is 0.465 e. The van der Waals surface area contributed by atoms with Gasteiger partial charge in [0.05, 0.1) is 30.8 Å². The van der Waals surface area contributed by atoms with Gasteiger partial charge in [-0.25, -0.2) is 9.69 Å². The quantitative estimate of drug-likeness (QED) is 0.509. The molecular formula is C23H29N3O5. The fraction of sp³-hybridized carbons (Fsp3) is 0.565. The van der Waals surface area contributed by atoms with Crippen molar-refractivity contribution >= 4 is 29.4 Å². The number of piperidine rings is 1. The number of likely N-dealkylation sites (tertiary alicyclic amines) is 2. The topological polar surface area (TPSA) is 87.2 Å². The van der Waals surface area contributed by atoms with E-state index < -0.39 is 12.0 Å². The molecule has 166 valence electrons. The zero-order valence-electron chi connectivity index (χ0n) is 17.9. The van der Waals surface area contributed by atoms with Crippen LogP contribution in [0.4, 0.5) is 5.69 Å². The van der Waals surface area contributed by atoms with Gasteiger partial charge in [-0.15, -0.1) is 0 Å². The van der Waals surface area contributed by atoms with Gasteiger partial charge in [0.25, 0.3) is 5.91 Å². The van der Waals surface area contributed by atoms with Crippen LogP contribution in [0.3, 0.4) is 0 Å². The molecule has 0 bridgehead atoms. The Bertz CT molecular complexity index is 860. The summed E-state index contributed by atoms with van der Waals surface area (Å²) in [5, 5.41) is 0. The predicted molar refractivity (Wildman–Crippen MR) is 113 cm³/mol. The summed E-state index contributed by atoms with van der Waals surface area (Å²) in [7, 11) is 1.31. The third-order valence-corrected chi connectivity index (χ3v) is 6.74. The number of nitrogens with zero attached hydrogens (tertiary/aromatic N) is 3. The van der Waals surface area contributed by atoms with Crippen molar-refractivity contribution in [3.63, 3.8) is 0 Å². The lowest BCUT2D eigenvalue weighted by atomic mass is 9.92. The number of imide groups is 1. The highest BCUT2D eigenvalue weighted by atomic mass is 16.5. The maximum absolute atomic E-state index is 13.0. The summed E-state index contributed by atoms with van der Waals surface area (Å²) in [5.74, 6) is -0.0427. The summed E-state index contributed by atoms with van der Waals surface area (Å²) in [6.45, 7) is 3.29. The number of benzene rings is 1. The van der Waals surface area contributed by atoms with Crippen LogP contribution in [0.1, 0.15) is 48.9 Å². The monoisotopic (exact) mass is 427 g/mol. The molecule has 8 nitrogen and oxygen atoms in total. The highest BCUT2D eigenvalue weighted by Crippen LogP contribution is 2.30. The Morgan fingerprint density at radius 3 is 2.35 bits per heavy atom. The number of amides is 3. The molecule has 3 fully saturated rings. The van der Waals surface area contributed by atoms with Crippen molar-refractivity contribution in [1.82, 2.24) is 9.80 Å². The minimum absolute atomic E-state index is 0.185. The Labute approximate surface area is 182 Å². The minimum Gasteiger partial charge on any atom is -0.465 e. The Balaban J connectivity index is 1.32. The molecule has 0 radical (unpaired) electrons. The SMILES string of the molecule is COC(=O)c1ccc(N2C(=O)CC(N3CCC(CCN4CCCC4=O)CC3)C2=O)cc1. The predicted octanol–water partition coefficient (Wildman–Crippen LogP) is 1.83. The minimum atomic E-state index is -0.458. The molecule has 4 rings (SSSR count). The van der Waals surface area contributed by atoms with Crippen LogP contribution in [0, 0.1) is 5.92 Å². The maximum atomic E-state index is 13.0. The van der Waals surface area contributed by atoms with Crippen molar-refractivity contribution in [1.29, 1.82) is 0 Å². The van der Waals surface area contributed by atoms with Gasteiger partial charge in [-0.1, -0.05) is 0 Å². The van der Waals surface area contributed by atoms with E-state index in [1.807, 2.05) is 4.90 Å². The number of carbonyl (C=O) groups is 4. The molecule has 0 N–H and O–H groups in total. The van der Waals surface area contributed by atoms with E-state index in [2.05, 4.69) is 9.64 Å². The van der Waals surface area contributed by atoms with Crippen molar-refractivity contribution in [2.75, 3.05) is 38.2 Å². The van der Waals surface area contributed by atoms with Gasteiger partial charge < -0.3 is 9.64 Å². The second kappa shape index (κ2) is 9.18. The Hall–Kier alpha value is -2.74. The smallest absolute Gasteiger partial charge is 0.337 e. The normalized spacial score (nSPS) is 23.1. The van der Waals surface area contributed by atoms with E-state index in [-0.39, 0.29) is 24.1 Å². The molecule has 3 saturated heterocycles. The molecule has 3 heterocycles. The number of anilines is 1. The highest BCUT2D eigenvalue weighted by Gasteiger charge is 2.43. The molecule has 0 saturated carbocycles. The van der Waals surface area contributed by atoms with E-state index in [1.165, 1.54) is 12.0 Å². The van der Waals surface area contributed by atoms with Crippen molar-refractivity contribution in [2.45, 2.75) is 44.6 Å². The van der Waals surface area contributed by atoms with E-state index in [1.54, 1.807) is 24.3 Å². The lowest BCUT2D eigenvalue weighted by Gasteiger charge is -2.35. The molecule has 3 aliphatic rings.